The van der Waals surface area contributed by atoms with Gasteiger partial charge in [0.15, 0.2) is 5.16 Å². The van der Waals surface area contributed by atoms with Crippen molar-refractivity contribution in [1.29, 1.82) is 5.26 Å². The van der Waals surface area contributed by atoms with Crippen LogP contribution in [0.5, 0.6) is 5.75 Å². The van der Waals surface area contributed by atoms with Crippen molar-refractivity contribution >= 4 is 28.7 Å². The van der Waals surface area contributed by atoms with Crippen molar-refractivity contribution in [3.63, 3.8) is 0 Å². The van der Waals surface area contributed by atoms with Crippen molar-refractivity contribution in [2.24, 2.45) is 0 Å². The number of thioether (sulfide) groups is 1. The Balaban J connectivity index is 1.71. The van der Waals surface area contributed by atoms with E-state index in [2.05, 4.69) is 15.3 Å². The average molecular weight is 472 g/mol. The number of hydrogen-bond acceptors (Lipinski definition) is 6. The van der Waals surface area contributed by atoms with E-state index in [0.717, 1.165) is 0 Å². The smallest absolute Gasteiger partial charge is 0.268 e. The van der Waals surface area contributed by atoms with Gasteiger partial charge in [-0.15, -0.1) is 0 Å². The average Bonchev–Trinajstić information content (AvgIpc) is 3.30. The fraction of sp³-hybridized carbons (Fsp3) is 0.391. The molecule has 10 heteroatoms. The maximum absolute atomic E-state index is 13.2. The number of unbranched alkanes of at least 4 members (excludes halogenated alkanes) is 1. The number of amides is 1. The molecular formula is C23H26FN5O3S. The molecule has 2 N–H and O–H groups in total. The van der Waals surface area contributed by atoms with Crippen molar-refractivity contribution in [2.75, 3.05) is 25.6 Å². The summed E-state index contributed by atoms with van der Waals surface area (Å²) in [6.45, 7) is 0.431. The van der Waals surface area contributed by atoms with Crippen molar-refractivity contribution in [3.8, 4) is 17.5 Å². The molecule has 174 valence electrons. The van der Waals surface area contributed by atoms with Crippen LogP contribution in [0.3, 0.4) is 0 Å². The number of nitriles is 1. The van der Waals surface area contributed by atoms with Gasteiger partial charge in [-0.25, -0.2) is 4.98 Å². The Morgan fingerprint density at radius 2 is 2.06 bits per heavy atom. The third-order valence-corrected chi connectivity index (χ3v) is 5.81. The number of H-pyrrole nitrogens is 1. The lowest BCUT2D eigenvalue weighted by Gasteiger charge is -2.13. The molecule has 0 unspecified atom stereocenters. The topological polar surface area (TPSA) is 113 Å². The van der Waals surface area contributed by atoms with Gasteiger partial charge in [0.2, 0.25) is 5.91 Å². The number of halogens is 1. The molecule has 0 aliphatic heterocycles. The summed E-state index contributed by atoms with van der Waals surface area (Å²) in [5.74, 6) is 1.15. The summed E-state index contributed by atoms with van der Waals surface area (Å²) in [7, 11) is 0. The first kappa shape index (κ1) is 24.3. The van der Waals surface area contributed by atoms with Crippen LogP contribution in [0.15, 0.2) is 46.5 Å². The number of nitrogens with zero attached hydrogens (tertiary/aromatic N) is 3. The molecule has 0 spiro atoms. The Hall–Kier alpha value is -3.32. The molecule has 3 aromatic rings. The minimum Gasteiger partial charge on any atom is -0.494 e. The van der Waals surface area contributed by atoms with Gasteiger partial charge < -0.3 is 15.0 Å². The third kappa shape index (κ3) is 6.83. The monoisotopic (exact) mass is 471 g/mol. The second kappa shape index (κ2) is 12.6. The Bertz CT molecular complexity index is 1150. The number of ether oxygens (including phenoxy) is 1. The lowest BCUT2D eigenvalue weighted by Crippen LogP contribution is -2.24. The van der Waals surface area contributed by atoms with Gasteiger partial charge in [-0.1, -0.05) is 11.8 Å². The van der Waals surface area contributed by atoms with Gasteiger partial charge in [0, 0.05) is 24.9 Å². The van der Waals surface area contributed by atoms with E-state index in [0.29, 0.717) is 72.2 Å². The van der Waals surface area contributed by atoms with E-state index in [1.807, 2.05) is 6.07 Å². The van der Waals surface area contributed by atoms with Gasteiger partial charge in [-0.3, -0.25) is 18.5 Å². The van der Waals surface area contributed by atoms with Crippen LogP contribution in [-0.2, 0) is 4.79 Å². The second-order valence-corrected chi connectivity index (χ2v) is 8.29. The molecular weight excluding hydrogens is 445 g/mol. The quantitative estimate of drug-likeness (QED) is 0.223. The Morgan fingerprint density at radius 3 is 2.82 bits per heavy atom. The Morgan fingerprint density at radius 1 is 1.24 bits per heavy atom. The summed E-state index contributed by atoms with van der Waals surface area (Å²) in [6.07, 6.45) is 4.02. The lowest BCUT2D eigenvalue weighted by molar-refractivity contribution is -0.121. The number of nitrogens with one attached hydrogen (secondary N) is 2. The summed E-state index contributed by atoms with van der Waals surface area (Å²) < 4.78 is 19.4. The molecule has 0 fully saturated rings. The van der Waals surface area contributed by atoms with E-state index >= 15 is 0 Å². The molecule has 33 heavy (non-hydrogen) atoms. The molecule has 0 saturated heterocycles. The largest absolute Gasteiger partial charge is 0.494 e. The standard InChI is InChI=1S/C23H26FN5O3S/c24-11-1-2-15-32-18-8-6-17(7-9-18)29-22(31)19-10-14-27-21(19)28-23(29)33-16-3-5-20(30)26-13-4-12-25/h6-10,14,27H,1-5,11,13,15-16H2,(H,26,30). The zero-order chi connectivity index (χ0) is 23.5. The number of hydrogen-bond donors (Lipinski definition) is 2. The summed E-state index contributed by atoms with van der Waals surface area (Å²) >= 11 is 1.40. The SMILES string of the molecule is N#CCCNC(=O)CCCSc1nc2[nH]ccc2c(=O)n1-c1ccc(OCCCCF)cc1. The van der Waals surface area contributed by atoms with E-state index in [9.17, 15) is 14.0 Å². The first-order valence-corrected chi connectivity index (χ1v) is 11.8. The number of aromatic nitrogens is 3. The molecule has 0 bridgehead atoms. The molecule has 2 aromatic heterocycles. The maximum Gasteiger partial charge on any atom is 0.268 e. The molecule has 8 nitrogen and oxygen atoms in total. The number of carbonyl (C=O) groups excluding carboxylic acids is 1. The third-order valence-electron chi connectivity index (χ3n) is 4.79. The van der Waals surface area contributed by atoms with Crippen LogP contribution < -0.4 is 15.6 Å². The number of aromatic amines is 1. The van der Waals surface area contributed by atoms with Crippen LogP contribution in [0.4, 0.5) is 4.39 Å². The van der Waals surface area contributed by atoms with Gasteiger partial charge >= 0.3 is 0 Å². The predicted octanol–water partition coefficient (Wildman–Crippen LogP) is 3.74. The minimum absolute atomic E-state index is 0.0990. The molecule has 0 atom stereocenters. The number of carbonyl (C=O) groups is 1. The molecule has 2 heterocycles. The van der Waals surface area contributed by atoms with Crippen molar-refractivity contribution in [1.82, 2.24) is 19.9 Å². The maximum atomic E-state index is 13.2. The molecule has 1 amide bonds. The highest BCUT2D eigenvalue weighted by molar-refractivity contribution is 7.99. The lowest BCUT2D eigenvalue weighted by atomic mass is 10.3. The van der Waals surface area contributed by atoms with Crippen molar-refractivity contribution in [3.05, 3.63) is 46.9 Å². The zero-order valence-corrected chi connectivity index (χ0v) is 19.0. The fourth-order valence-corrected chi connectivity index (χ4v) is 4.07. The predicted molar refractivity (Wildman–Crippen MR) is 126 cm³/mol. The molecule has 3 rings (SSSR count). The number of fused-ring (bicyclic) bond motifs is 1. The highest BCUT2D eigenvalue weighted by Gasteiger charge is 2.14. The molecule has 0 aliphatic carbocycles. The van der Waals surface area contributed by atoms with E-state index < -0.39 is 0 Å². The summed E-state index contributed by atoms with van der Waals surface area (Å²) in [5, 5.41) is 12.2. The van der Waals surface area contributed by atoms with E-state index in [1.54, 1.807) is 41.1 Å². The highest BCUT2D eigenvalue weighted by atomic mass is 32.2. The highest BCUT2D eigenvalue weighted by Crippen LogP contribution is 2.23. The van der Waals surface area contributed by atoms with Crippen molar-refractivity contribution < 1.29 is 13.9 Å². The van der Waals surface area contributed by atoms with Crippen LogP contribution in [0.1, 0.15) is 32.1 Å². The first-order chi connectivity index (χ1) is 16.1. The minimum atomic E-state index is -0.355. The van der Waals surface area contributed by atoms with E-state index in [-0.39, 0.29) is 24.6 Å². The van der Waals surface area contributed by atoms with Crippen molar-refractivity contribution in [2.45, 2.75) is 37.3 Å². The van der Waals surface area contributed by atoms with Gasteiger partial charge in [0.1, 0.15) is 11.4 Å². The van der Waals surface area contributed by atoms with Crippen LogP contribution >= 0.6 is 11.8 Å². The summed E-state index contributed by atoms with van der Waals surface area (Å²) in [4.78, 5) is 32.6. The van der Waals surface area contributed by atoms with Gasteiger partial charge in [0.25, 0.3) is 5.56 Å². The normalized spacial score (nSPS) is 10.8. The zero-order valence-electron chi connectivity index (χ0n) is 18.2. The van der Waals surface area contributed by atoms with Crippen LogP contribution in [-0.4, -0.2) is 46.0 Å². The number of rotatable bonds is 13. The molecule has 0 saturated carbocycles. The van der Waals surface area contributed by atoms with Crippen LogP contribution in [0, 0.1) is 11.3 Å². The van der Waals surface area contributed by atoms with E-state index in [4.69, 9.17) is 10.00 Å². The summed E-state index contributed by atoms with van der Waals surface area (Å²) in [5.41, 5.74) is 0.985. The van der Waals surface area contributed by atoms with Crippen LogP contribution in [0.25, 0.3) is 16.7 Å². The number of alkyl halides is 1. The Kier molecular flexibility index (Phi) is 9.32. The number of benzene rings is 1. The Labute approximate surface area is 195 Å². The fourth-order valence-electron chi connectivity index (χ4n) is 3.12. The van der Waals surface area contributed by atoms with Gasteiger partial charge in [-0.05, 0) is 49.6 Å². The van der Waals surface area contributed by atoms with Crippen LogP contribution in [0.2, 0.25) is 0 Å². The van der Waals surface area contributed by atoms with E-state index in [1.165, 1.54) is 11.8 Å². The molecule has 0 radical (unpaired) electrons. The van der Waals surface area contributed by atoms with Gasteiger partial charge in [-0.2, -0.15) is 5.26 Å². The second-order valence-electron chi connectivity index (χ2n) is 7.22. The first-order valence-electron chi connectivity index (χ1n) is 10.8. The molecule has 1 aromatic carbocycles. The summed E-state index contributed by atoms with van der Waals surface area (Å²) in [6, 6.07) is 10.8. The van der Waals surface area contributed by atoms with Gasteiger partial charge in [0.05, 0.1) is 36.8 Å². The molecule has 0 aliphatic rings.